The highest BCUT2D eigenvalue weighted by Crippen LogP contribution is 2.70. The van der Waals surface area contributed by atoms with Gasteiger partial charge in [-0.1, -0.05) is 74.0 Å². The zero-order valence-electron chi connectivity index (χ0n) is 30.9. The van der Waals surface area contributed by atoms with Crippen molar-refractivity contribution < 1.29 is 9.13 Å². The molecule has 44 heavy (non-hydrogen) atoms. The van der Waals surface area contributed by atoms with Gasteiger partial charge in [0.15, 0.2) is 0 Å². The van der Waals surface area contributed by atoms with E-state index in [0.29, 0.717) is 35.3 Å². The number of rotatable bonds is 6. The fourth-order valence-electron chi connectivity index (χ4n) is 10.9. The van der Waals surface area contributed by atoms with E-state index >= 15 is 0 Å². The van der Waals surface area contributed by atoms with Crippen molar-refractivity contribution in [1.82, 2.24) is 0 Å². The van der Waals surface area contributed by atoms with Crippen molar-refractivity contribution in [2.24, 2.45) is 51.8 Å². The lowest BCUT2D eigenvalue weighted by Gasteiger charge is -2.65. The average Bonchev–Trinajstić information content (AvgIpc) is 3.36. The van der Waals surface area contributed by atoms with E-state index in [1.54, 1.807) is 0 Å². The molecule has 0 radical (unpaired) electrons. The highest BCUT2D eigenvalue weighted by Gasteiger charge is 2.63. The number of nitrogens with two attached hydrogens (primary N) is 2. The first-order valence-electron chi connectivity index (χ1n) is 18.2. The normalized spacial score (nSPS) is 35.3. The number of benzene rings is 1. The molecule has 4 heteroatoms. The summed E-state index contributed by atoms with van der Waals surface area (Å²) in [5, 5.41) is 0. The zero-order chi connectivity index (χ0) is 33.5. The Morgan fingerprint density at radius 3 is 2.11 bits per heavy atom. The molecule has 0 aromatic heterocycles. The summed E-state index contributed by atoms with van der Waals surface area (Å²) in [5.41, 5.74) is 16.2. The van der Waals surface area contributed by atoms with E-state index in [9.17, 15) is 4.39 Å². The van der Waals surface area contributed by atoms with Crippen molar-refractivity contribution in [3.63, 3.8) is 0 Å². The number of fused-ring (bicyclic) bond motifs is 5. The Kier molecular flexibility index (Phi) is 14.2. The number of nitrogen functional groups attached to an aromatic ring is 2. The van der Waals surface area contributed by atoms with Gasteiger partial charge >= 0.3 is 0 Å². The summed E-state index contributed by atoms with van der Waals surface area (Å²) in [6, 6.07) is 5.70. The Morgan fingerprint density at radius 2 is 1.50 bits per heavy atom. The molecule has 1 aromatic carbocycles. The van der Waals surface area contributed by atoms with Gasteiger partial charge in [-0.2, -0.15) is 0 Å². The third-order valence-corrected chi connectivity index (χ3v) is 12.8. The molecule has 5 rings (SSSR count). The Labute approximate surface area is 272 Å². The van der Waals surface area contributed by atoms with Crippen molar-refractivity contribution in [3.05, 3.63) is 29.8 Å². The maximum absolute atomic E-state index is 9.50. The second-order valence-corrected chi connectivity index (χ2v) is 15.3. The van der Waals surface area contributed by atoms with E-state index in [1.165, 1.54) is 63.4 Å². The molecular weight excluding hydrogens is 543 g/mol. The molecule has 0 aliphatic heterocycles. The van der Waals surface area contributed by atoms with Crippen LogP contribution < -0.4 is 16.2 Å². The molecule has 4 aliphatic rings. The second-order valence-electron chi connectivity index (χ2n) is 15.3. The van der Waals surface area contributed by atoms with Crippen LogP contribution in [0, 0.1) is 51.8 Å². The molecule has 3 nitrogen and oxygen atoms in total. The third-order valence-electron chi connectivity index (χ3n) is 12.8. The molecule has 4 aliphatic carbocycles. The first-order chi connectivity index (χ1) is 20.9. The predicted molar refractivity (Wildman–Crippen MR) is 192 cm³/mol. The Balaban J connectivity index is 0.00000106. The van der Waals surface area contributed by atoms with Crippen molar-refractivity contribution in [3.8, 4) is 5.75 Å². The summed E-state index contributed by atoms with van der Waals surface area (Å²) >= 11 is 0. The van der Waals surface area contributed by atoms with Crippen LogP contribution in [0.2, 0.25) is 0 Å². The van der Waals surface area contributed by atoms with Crippen LogP contribution in [0.4, 0.5) is 15.8 Å². The van der Waals surface area contributed by atoms with Gasteiger partial charge in [0.05, 0.1) is 12.9 Å². The number of halogens is 1. The molecule has 9 atom stereocenters. The van der Waals surface area contributed by atoms with Gasteiger partial charge in [-0.15, -0.1) is 0 Å². The minimum atomic E-state index is 0.129. The second kappa shape index (κ2) is 16.2. The predicted octanol–water partition coefficient (Wildman–Crippen LogP) is 11.9. The smallest absolute Gasteiger partial charge is 0.142 e. The monoisotopic (exact) mass is 615 g/mol. The SMILES string of the molecule is CC.CC.CC(C)=CCCC(C)C1CCC2C3CCC4C(C)(C)C(Oc5ccc(N)cc5N)CCC4(C)C3CCC12C.CF. The molecule has 0 spiro atoms. The van der Waals surface area contributed by atoms with E-state index < -0.39 is 0 Å². The van der Waals surface area contributed by atoms with Crippen LogP contribution in [0.15, 0.2) is 29.8 Å². The molecule has 1 aromatic rings. The molecule has 0 saturated heterocycles. The van der Waals surface area contributed by atoms with Crippen molar-refractivity contribution >= 4 is 11.4 Å². The molecule has 4 N–H and O–H groups in total. The third kappa shape index (κ3) is 7.46. The van der Waals surface area contributed by atoms with Gasteiger partial charge in [0.25, 0.3) is 0 Å². The van der Waals surface area contributed by atoms with Gasteiger partial charge in [-0.3, -0.25) is 4.39 Å². The summed E-state index contributed by atoms with van der Waals surface area (Å²) in [6.07, 6.45) is 16.3. The lowest BCUT2D eigenvalue weighted by Crippen LogP contribution is -2.60. The fourth-order valence-corrected chi connectivity index (χ4v) is 10.9. The van der Waals surface area contributed by atoms with Crippen molar-refractivity contribution in [1.29, 1.82) is 0 Å². The maximum atomic E-state index is 9.50. The van der Waals surface area contributed by atoms with Crippen molar-refractivity contribution in [2.45, 2.75) is 146 Å². The van der Waals surface area contributed by atoms with Crippen LogP contribution in [0.25, 0.3) is 0 Å². The van der Waals surface area contributed by atoms with E-state index in [1.807, 2.05) is 45.9 Å². The fraction of sp³-hybridized carbons (Fsp3) is 0.800. The van der Waals surface area contributed by atoms with Gasteiger partial charge in [0, 0.05) is 11.1 Å². The van der Waals surface area contributed by atoms with Crippen LogP contribution in [0.3, 0.4) is 0 Å². The highest BCUT2D eigenvalue weighted by molar-refractivity contribution is 5.60. The minimum Gasteiger partial charge on any atom is -0.488 e. The maximum Gasteiger partial charge on any atom is 0.142 e. The first-order valence-corrected chi connectivity index (χ1v) is 18.2. The largest absolute Gasteiger partial charge is 0.488 e. The number of hydrogen-bond acceptors (Lipinski definition) is 3. The summed E-state index contributed by atoms with van der Waals surface area (Å²) in [5.74, 6) is 5.99. The summed E-state index contributed by atoms with van der Waals surface area (Å²) in [6.45, 7) is 25.4. The standard InChI is InChI=1S/C35H56N2O.2C2H6.CH3F/c1-22(2)9-8-10-23(3)26-13-14-27-25-12-16-31-33(4,5)32(38-30-15-11-24(36)21-29(30)37)18-20-35(31,7)28(25)17-19-34(26,27)6;3*1-2/h9,11,15,21,23,25-28,31-32H,8,10,12-14,16-20,36-37H2,1-7H3;2*1-2H3;1H3. The Bertz CT molecular complexity index is 1050. The number of hydrogen-bond donors (Lipinski definition) is 2. The van der Waals surface area contributed by atoms with E-state index in [0.717, 1.165) is 41.8 Å². The molecule has 0 heterocycles. The quantitative estimate of drug-likeness (QED) is 0.247. The molecule has 4 saturated carbocycles. The molecular formula is C40H71FN2O. The molecule has 0 bridgehead atoms. The van der Waals surface area contributed by atoms with Gasteiger partial charge in [0.2, 0.25) is 0 Å². The van der Waals surface area contributed by atoms with Gasteiger partial charge in [-0.05, 0) is 143 Å². The topological polar surface area (TPSA) is 61.3 Å². The van der Waals surface area contributed by atoms with E-state index in [-0.39, 0.29) is 11.5 Å². The zero-order valence-corrected chi connectivity index (χ0v) is 30.9. The lowest BCUT2D eigenvalue weighted by molar-refractivity contribution is -0.174. The molecule has 254 valence electrons. The Morgan fingerprint density at radius 1 is 0.886 bits per heavy atom. The number of allylic oxidation sites excluding steroid dienone is 2. The number of anilines is 2. The summed E-state index contributed by atoms with van der Waals surface area (Å²) < 4.78 is 16.2. The van der Waals surface area contributed by atoms with Crippen LogP contribution >= 0.6 is 0 Å². The van der Waals surface area contributed by atoms with Gasteiger partial charge < -0.3 is 16.2 Å². The van der Waals surface area contributed by atoms with Crippen LogP contribution in [-0.4, -0.2) is 13.3 Å². The first kappa shape index (κ1) is 38.5. The number of alkyl halides is 1. The highest BCUT2D eigenvalue weighted by atomic mass is 19.1. The lowest BCUT2D eigenvalue weighted by atomic mass is 9.41. The summed E-state index contributed by atoms with van der Waals surface area (Å²) in [4.78, 5) is 0. The number of ether oxygens (including phenoxy) is 1. The van der Waals surface area contributed by atoms with Crippen LogP contribution in [0.1, 0.15) is 140 Å². The van der Waals surface area contributed by atoms with Gasteiger partial charge in [-0.25, -0.2) is 0 Å². The molecule has 0 amide bonds. The van der Waals surface area contributed by atoms with E-state index in [2.05, 4.69) is 54.5 Å². The Hall–Kier alpha value is -1.71. The van der Waals surface area contributed by atoms with Crippen molar-refractivity contribution in [2.75, 3.05) is 18.6 Å². The van der Waals surface area contributed by atoms with Crippen LogP contribution in [0.5, 0.6) is 5.75 Å². The van der Waals surface area contributed by atoms with Gasteiger partial charge in [0.1, 0.15) is 11.9 Å². The van der Waals surface area contributed by atoms with E-state index in [4.69, 9.17) is 16.2 Å². The molecule has 4 fully saturated rings. The average molecular weight is 615 g/mol. The summed E-state index contributed by atoms with van der Waals surface area (Å²) in [7, 11) is 0.500. The minimum absolute atomic E-state index is 0.129. The molecule has 9 unspecified atom stereocenters. The van der Waals surface area contributed by atoms with Crippen LogP contribution in [-0.2, 0) is 0 Å².